The average Bonchev–Trinajstić information content (AvgIpc) is 1.81. The Labute approximate surface area is 78.9 Å². The Morgan fingerprint density at radius 2 is 1.92 bits per heavy atom. The predicted octanol–water partition coefficient (Wildman–Crippen LogP) is 0.922. The third-order valence-corrected chi connectivity index (χ3v) is 3.18. The molecular weight excluding hydrogens is 192 g/mol. The van der Waals surface area contributed by atoms with Gasteiger partial charge in [0.2, 0.25) is 0 Å². The number of sulfone groups is 1. The van der Waals surface area contributed by atoms with Crippen LogP contribution in [0.1, 0.15) is 26.7 Å². The lowest BCUT2D eigenvalue weighted by atomic mass is 10.1. The zero-order valence-corrected chi connectivity index (χ0v) is 8.80. The van der Waals surface area contributed by atoms with Crippen LogP contribution in [0.15, 0.2) is 0 Å². The van der Waals surface area contributed by atoms with E-state index in [9.17, 15) is 13.2 Å². The minimum Gasteiger partial charge on any atom is -0.480 e. The molecule has 0 fully saturated rings. The molecule has 0 radical (unpaired) electrons. The molecule has 0 heterocycles. The van der Waals surface area contributed by atoms with E-state index in [0.29, 0.717) is 12.3 Å². The summed E-state index contributed by atoms with van der Waals surface area (Å²) in [5, 5.41) is 8.28. The number of hydrogen-bond acceptors (Lipinski definition) is 3. The summed E-state index contributed by atoms with van der Waals surface area (Å²) in [6, 6.07) is 0. The normalized spacial score (nSPS) is 11.9. The standard InChI is InChI=1S/C8H16O4S/c1-7(2)4-3-5-13(11,12)6-8(9)10/h7H,3-6H2,1-2H3,(H,9,10). The van der Waals surface area contributed by atoms with Gasteiger partial charge in [-0.1, -0.05) is 20.3 Å². The van der Waals surface area contributed by atoms with E-state index in [1.54, 1.807) is 0 Å². The molecule has 0 aromatic heterocycles. The van der Waals surface area contributed by atoms with E-state index in [4.69, 9.17) is 5.11 Å². The molecule has 0 aliphatic heterocycles. The molecular formula is C8H16O4S. The van der Waals surface area contributed by atoms with Crippen molar-refractivity contribution in [1.29, 1.82) is 0 Å². The Morgan fingerprint density at radius 1 is 1.38 bits per heavy atom. The minimum absolute atomic E-state index is 0.0164. The molecule has 0 aliphatic rings. The Hall–Kier alpha value is -0.580. The van der Waals surface area contributed by atoms with Crippen LogP contribution in [0.25, 0.3) is 0 Å². The van der Waals surface area contributed by atoms with Crippen molar-refractivity contribution in [2.45, 2.75) is 26.7 Å². The van der Waals surface area contributed by atoms with Crippen molar-refractivity contribution < 1.29 is 18.3 Å². The molecule has 0 unspecified atom stereocenters. The summed E-state index contributed by atoms with van der Waals surface area (Å²) in [5.74, 6) is -1.58. The quantitative estimate of drug-likeness (QED) is 0.704. The van der Waals surface area contributed by atoms with Crippen LogP contribution < -0.4 is 0 Å². The van der Waals surface area contributed by atoms with E-state index in [1.807, 2.05) is 13.8 Å². The van der Waals surface area contributed by atoms with Gasteiger partial charge in [-0.05, 0) is 12.3 Å². The molecule has 0 bridgehead atoms. The molecule has 0 aromatic rings. The Morgan fingerprint density at radius 3 is 2.31 bits per heavy atom. The molecule has 0 amide bonds. The number of rotatable bonds is 6. The van der Waals surface area contributed by atoms with Gasteiger partial charge in [0.15, 0.2) is 9.84 Å². The van der Waals surface area contributed by atoms with Crippen LogP contribution in [0, 0.1) is 5.92 Å². The van der Waals surface area contributed by atoms with Crippen molar-refractivity contribution in [3.63, 3.8) is 0 Å². The molecule has 4 nitrogen and oxygen atoms in total. The second-order valence-corrected chi connectivity index (χ2v) is 5.71. The fraction of sp³-hybridized carbons (Fsp3) is 0.875. The van der Waals surface area contributed by atoms with E-state index in [0.717, 1.165) is 6.42 Å². The summed E-state index contributed by atoms with van der Waals surface area (Å²) >= 11 is 0. The Bertz CT molecular complexity index is 253. The number of hydrogen-bond donors (Lipinski definition) is 1. The molecule has 0 rings (SSSR count). The largest absolute Gasteiger partial charge is 0.480 e. The third-order valence-electron chi connectivity index (χ3n) is 1.58. The Balaban J connectivity index is 3.84. The summed E-state index contributed by atoms with van der Waals surface area (Å²) < 4.78 is 22.1. The molecule has 0 saturated heterocycles. The van der Waals surface area contributed by atoms with Gasteiger partial charge in [0.05, 0.1) is 5.75 Å². The van der Waals surface area contributed by atoms with Gasteiger partial charge in [0, 0.05) is 0 Å². The van der Waals surface area contributed by atoms with Gasteiger partial charge in [0.25, 0.3) is 0 Å². The molecule has 78 valence electrons. The molecule has 0 aromatic carbocycles. The van der Waals surface area contributed by atoms with Gasteiger partial charge in [-0.2, -0.15) is 0 Å². The van der Waals surface area contributed by atoms with Gasteiger partial charge in [-0.25, -0.2) is 8.42 Å². The maximum Gasteiger partial charge on any atom is 0.318 e. The summed E-state index contributed by atoms with van der Waals surface area (Å²) in [6.45, 7) is 4.01. The highest BCUT2D eigenvalue weighted by Gasteiger charge is 2.15. The van der Waals surface area contributed by atoms with Gasteiger partial charge in [-0.3, -0.25) is 4.79 Å². The summed E-state index contributed by atoms with van der Waals surface area (Å²) in [5.41, 5.74) is 0. The van der Waals surface area contributed by atoms with Crippen LogP contribution >= 0.6 is 0 Å². The monoisotopic (exact) mass is 208 g/mol. The molecule has 0 spiro atoms. The van der Waals surface area contributed by atoms with E-state index in [1.165, 1.54) is 0 Å². The first-order valence-corrected chi connectivity index (χ1v) is 6.08. The van der Waals surface area contributed by atoms with E-state index >= 15 is 0 Å². The number of carboxylic acid groups (broad SMARTS) is 1. The second-order valence-electron chi connectivity index (χ2n) is 3.52. The first kappa shape index (κ1) is 12.4. The SMILES string of the molecule is CC(C)CCCS(=O)(=O)CC(=O)O. The molecule has 5 heteroatoms. The molecule has 13 heavy (non-hydrogen) atoms. The third kappa shape index (κ3) is 7.77. The van der Waals surface area contributed by atoms with Crippen LogP contribution in [0.2, 0.25) is 0 Å². The van der Waals surface area contributed by atoms with Crippen molar-refractivity contribution >= 4 is 15.8 Å². The fourth-order valence-electron chi connectivity index (χ4n) is 0.972. The number of carboxylic acids is 1. The number of aliphatic carboxylic acids is 1. The van der Waals surface area contributed by atoms with E-state index in [2.05, 4.69) is 0 Å². The lowest BCUT2D eigenvalue weighted by molar-refractivity contribution is -0.134. The smallest absolute Gasteiger partial charge is 0.318 e. The lowest BCUT2D eigenvalue weighted by Crippen LogP contribution is -2.18. The highest BCUT2D eigenvalue weighted by molar-refractivity contribution is 7.92. The maximum absolute atomic E-state index is 11.0. The van der Waals surface area contributed by atoms with E-state index in [-0.39, 0.29) is 5.75 Å². The Kier molecular flexibility index (Phi) is 4.98. The fourth-order valence-corrected chi connectivity index (χ4v) is 2.10. The average molecular weight is 208 g/mol. The lowest BCUT2D eigenvalue weighted by Gasteiger charge is -2.03. The summed E-state index contributed by atoms with van der Waals surface area (Å²) in [6.07, 6.45) is 1.37. The van der Waals surface area contributed by atoms with Gasteiger partial charge in [0.1, 0.15) is 5.75 Å². The van der Waals surface area contributed by atoms with Gasteiger partial charge >= 0.3 is 5.97 Å². The van der Waals surface area contributed by atoms with Gasteiger partial charge in [-0.15, -0.1) is 0 Å². The predicted molar refractivity (Wildman–Crippen MR) is 50.4 cm³/mol. The van der Waals surface area contributed by atoms with Crippen molar-refractivity contribution in [2.75, 3.05) is 11.5 Å². The first-order chi connectivity index (χ1) is 5.83. The maximum atomic E-state index is 11.0. The van der Waals surface area contributed by atoms with Crippen LogP contribution in [-0.4, -0.2) is 31.0 Å². The van der Waals surface area contributed by atoms with Crippen molar-refractivity contribution in [1.82, 2.24) is 0 Å². The van der Waals surface area contributed by atoms with Crippen molar-refractivity contribution in [3.05, 3.63) is 0 Å². The van der Waals surface area contributed by atoms with Crippen LogP contribution in [0.3, 0.4) is 0 Å². The molecule has 0 saturated carbocycles. The van der Waals surface area contributed by atoms with Crippen molar-refractivity contribution in [3.8, 4) is 0 Å². The first-order valence-electron chi connectivity index (χ1n) is 4.25. The van der Waals surface area contributed by atoms with Crippen molar-refractivity contribution in [2.24, 2.45) is 5.92 Å². The topological polar surface area (TPSA) is 71.4 Å². The highest BCUT2D eigenvalue weighted by atomic mass is 32.2. The van der Waals surface area contributed by atoms with Crippen LogP contribution in [-0.2, 0) is 14.6 Å². The zero-order valence-electron chi connectivity index (χ0n) is 7.99. The molecule has 0 aliphatic carbocycles. The van der Waals surface area contributed by atoms with Crippen LogP contribution in [0.4, 0.5) is 0 Å². The van der Waals surface area contributed by atoms with E-state index < -0.39 is 21.6 Å². The second kappa shape index (κ2) is 5.21. The molecule has 1 N–H and O–H groups in total. The van der Waals surface area contributed by atoms with Gasteiger partial charge < -0.3 is 5.11 Å². The summed E-state index contributed by atoms with van der Waals surface area (Å²) in [4.78, 5) is 10.1. The molecule has 0 atom stereocenters. The highest BCUT2D eigenvalue weighted by Crippen LogP contribution is 2.05. The summed E-state index contributed by atoms with van der Waals surface area (Å²) in [7, 11) is -3.38. The van der Waals surface area contributed by atoms with Crippen LogP contribution in [0.5, 0.6) is 0 Å². The minimum atomic E-state index is -3.38. The zero-order chi connectivity index (χ0) is 10.5. The number of carbonyl (C=O) groups is 1.